The molecule has 298 valence electrons. The lowest BCUT2D eigenvalue weighted by Crippen LogP contribution is -2.16. The van der Waals surface area contributed by atoms with Crippen LogP contribution in [0.2, 0.25) is 0 Å². The number of allylic oxidation sites excluding steroid dienone is 1. The normalized spacial score (nSPS) is 12.7. The second kappa shape index (κ2) is 14.9. The van der Waals surface area contributed by atoms with Crippen LogP contribution in [0, 0.1) is 6.92 Å². The largest absolute Gasteiger partial charge is 0.310 e. The standard InChI is InChI=1S/C61H44N2/c1-3-17-57(46-21-8-7-18-40(46)2)62(44-33-30-41(31-34-44)42-32-37-59-55(38-42)51-25-15-16-29-58(51)63(59)43-19-5-4-6-20-43)45-35-36-50-49-24-11-14-28-54(49)61(56(50)39-45)60-52-26-12-9-22-47(52)48-23-10-13-27-53(48)60/h4-39H,3H2,1-2H3/b57-17+. The van der Waals surface area contributed by atoms with Crippen molar-refractivity contribution in [3.63, 3.8) is 0 Å². The lowest BCUT2D eigenvalue weighted by Gasteiger charge is -2.30. The van der Waals surface area contributed by atoms with Crippen LogP contribution in [-0.4, -0.2) is 4.57 Å². The van der Waals surface area contributed by atoms with E-state index >= 15 is 0 Å². The molecule has 1 aromatic heterocycles. The second-order valence-corrected chi connectivity index (χ2v) is 16.7. The number of nitrogens with zero attached hydrogens (tertiary/aromatic N) is 2. The fourth-order valence-corrected chi connectivity index (χ4v) is 10.4. The van der Waals surface area contributed by atoms with E-state index in [-0.39, 0.29) is 0 Å². The molecule has 0 radical (unpaired) electrons. The molecular formula is C61H44N2. The molecule has 0 amide bonds. The monoisotopic (exact) mass is 804 g/mol. The summed E-state index contributed by atoms with van der Waals surface area (Å²) in [4.78, 5) is 2.48. The first kappa shape index (κ1) is 36.9. The number of benzene rings is 9. The number of hydrogen-bond donors (Lipinski definition) is 0. The smallest absolute Gasteiger partial charge is 0.0541 e. The van der Waals surface area contributed by atoms with E-state index < -0.39 is 0 Å². The Morgan fingerprint density at radius 3 is 1.62 bits per heavy atom. The van der Waals surface area contributed by atoms with Gasteiger partial charge in [0.1, 0.15) is 0 Å². The van der Waals surface area contributed by atoms with Crippen LogP contribution in [-0.2, 0) is 0 Å². The van der Waals surface area contributed by atoms with E-state index in [9.17, 15) is 0 Å². The Bertz CT molecular complexity index is 3440. The first-order valence-electron chi connectivity index (χ1n) is 22.1. The van der Waals surface area contributed by atoms with Crippen molar-refractivity contribution in [1.29, 1.82) is 0 Å². The van der Waals surface area contributed by atoms with E-state index in [0.717, 1.165) is 17.8 Å². The van der Waals surface area contributed by atoms with Crippen LogP contribution in [0.4, 0.5) is 11.4 Å². The van der Waals surface area contributed by atoms with Gasteiger partial charge in [0.25, 0.3) is 0 Å². The van der Waals surface area contributed by atoms with Gasteiger partial charge in [-0.25, -0.2) is 0 Å². The van der Waals surface area contributed by atoms with Crippen molar-refractivity contribution >= 4 is 50.0 Å². The summed E-state index contributed by atoms with van der Waals surface area (Å²) in [6.07, 6.45) is 3.28. The minimum absolute atomic E-state index is 0.897. The lowest BCUT2D eigenvalue weighted by atomic mass is 9.91. The van der Waals surface area contributed by atoms with Crippen LogP contribution in [0.5, 0.6) is 0 Å². The highest BCUT2D eigenvalue weighted by atomic mass is 15.1. The molecule has 9 aromatic carbocycles. The van der Waals surface area contributed by atoms with Gasteiger partial charge in [-0.2, -0.15) is 0 Å². The third kappa shape index (κ3) is 5.86. The van der Waals surface area contributed by atoms with Crippen molar-refractivity contribution in [2.75, 3.05) is 4.90 Å². The molecule has 0 fully saturated rings. The number of aromatic nitrogens is 1. The van der Waals surface area contributed by atoms with E-state index in [1.54, 1.807) is 0 Å². The summed E-state index contributed by atoms with van der Waals surface area (Å²) in [7, 11) is 0. The average Bonchev–Trinajstić information content (AvgIpc) is 3.97. The third-order valence-corrected chi connectivity index (χ3v) is 13.2. The van der Waals surface area contributed by atoms with Gasteiger partial charge in [0.2, 0.25) is 0 Å². The van der Waals surface area contributed by atoms with Crippen molar-refractivity contribution in [2.24, 2.45) is 0 Å². The molecule has 2 nitrogen and oxygen atoms in total. The number of aryl methyl sites for hydroxylation is 1. The molecule has 0 atom stereocenters. The van der Waals surface area contributed by atoms with Crippen LogP contribution < -0.4 is 4.90 Å². The molecule has 63 heavy (non-hydrogen) atoms. The van der Waals surface area contributed by atoms with Gasteiger partial charge in [-0.3, -0.25) is 0 Å². The summed E-state index contributed by atoms with van der Waals surface area (Å²) >= 11 is 0. The molecule has 2 heteroatoms. The molecule has 10 aromatic rings. The number of fused-ring (bicyclic) bond motifs is 9. The molecule has 0 aliphatic heterocycles. The predicted octanol–water partition coefficient (Wildman–Crippen LogP) is 16.3. The summed E-state index contributed by atoms with van der Waals surface area (Å²) in [6, 6.07) is 78.3. The molecule has 0 saturated carbocycles. The zero-order valence-electron chi connectivity index (χ0n) is 35.4. The highest BCUT2D eigenvalue weighted by Gasteiger charge is 2.33. The molecule has 0 unspecified atom stereocenters. The molecule has 2 aliphatic rings. The van der Waals surface area contributed by atoms with Crippen molar-refractivity contribution in [2.45, 2.75) is 20.3 Å². The Labute approximate surface area is 369 Å². The summed E-state index contributed by atoms with van der Waals surface area (Å²) in [5.74, 6) is 0. The van der Waals surface area contributed by atoms with Crippen molar-refractivity contribution < 1.29 is 0 Å². The fourth-order valence-electron chi connectivity index (χ4n) is 10.4. The van der Waals surface area contributed by atoms with Crippen LogP contribution in [0.15, 0.2) is 218 Å². The van der Waals surface area contributed by atoms with E-state index in [2.05, 4.69) is 242 Å². The first-order valence-corrected chi connectivity index (χ1v) is 22.1. The van der Waals surface area contributed by atoms with Crippen LogP contribution in [0.3, 0.4) is 0 Å². The minimum Gasteiger partial charge on any atom is -0.310 e. The fraction of sp³-hybridized carbons (Fsp3) is 0.0492. The molecule has 2 aliphatic carbocycles. The van der Waals surface area contributed by atoms with Crippen LogP contribution in [0.25, 0.3) is 77.7 Å². The van der Waals surface area contributed by atoms with E-state index in [1.807, 2.05) is 0 Å². The SMILES string of the molecule is CC/C=C(\c1ccccc1C)N(c1ccc(-c2ccc3c(c2)c2ccccc2n3-c2ccccc2)cc1)c1ccc2c(c1)C(=C1c3ccccc3-c3ccccc31)c1ccccc1-2. The maximum atomic E-state index is 2.48. The van der Waals surface area contributed by atoms with Crippen molar-refractivity contribution in [1.82, 2.24) is 4.57 Å². The van der Waals surface area contributed by atoms with Gasteiger partial charge < -0.3 is 9.47 Å². The molecule has 12 rings (SSSR count). The molecule has 0 bridgehead atoms. The van der Waals surface area contributed by atoms with Gasteiger partial charge in [0.05, 0.1) is 11.0 Å². The average molecular weight is 805 g/mol. The van der Waals surface area contributed by atoms with Gasteiger partial charge in [0.15, 0.2) is 0 Å². The summed E-state index contributed by atoms with van der Waals surface area (Å²) in [6.45, 7) is 4.46. The number of para-hydroxylation sites is 2. The molecule has 0 N–H and O–H groups in total. The van der Waals surface area contributed by atoms with Gasteiger partial charge >= 0.3 is 0 Å². The van der Waals surface area contributed by atoms with Gasteiger partial charge in [-0.15, -0.1) is 0 Å². The first-order chi connectivity index (χ1) is 31.2. The number of rotatable bonds is 7. The lowest BCUT2D eigenvalue weighted by molar-refractivity contribution is 1.18. The Morgan fingerprint density at radius 2 is 0.952 bits per heavy atom. The summed E-state index contributed by atoms with van der Waals surface area (Å²) < 4.78 is 2.38. The Morgan fingerprint density at radius 1 is 0.429 bits per heavy atom. The van der Waals surface area contributed by atoms with Crippen molar-refractivity contribution in [3.8, 4) is 39.1 Å². The van der Waals surface area contributed by atoms with Crippen LogP contribution >= 0.6 is 0 Å². The summed E-state index contributed by atoms with van der Waals surface area (Å²) in [5.41, 5.74) is 24.8. The van der Waals surface area contributed by atoms with Crippen molar-refractivity contribution in [3.05, 3.63) is 252 Å². The third-order valence-electron chi connectivity index (χ3n) is 13.2. The highest BCUT2D eigenvalue weighted by molar-refractivity contribution is 6.19. The summed E-state index contributed by atoms with van der Waals surface area (Å²) in [5, 5.41) is 2.51. The molecule has 0 spiro atoms. The molecular weight excluding hydrogens is 761 g/mol. The maximum Gasteiger partial charge on any atom is 0.0541 e. The van der Waals surface area contributed by atoms with Crippen LogP contribution in [0.1, 0.15) is 46.7 Å². The topological polar surface area (TPSA) is 8.17 Å². The van der Waals surface area contributed by atoms with Gasteiger partial charge in [-0.1, -0.05) is 171 Å². The van der Waals surface area contributed by atoms with E-state index in [1.165, 1.54) is 111 Å². The zero-order chi connectivity index (χ0) is 42.0. The predicted molar refractivity (Wildman–Crippen MR) is 267 cm³/mol. The van der Waals surface area contributed by atoms with Gasteiger partial charge in [0, 0.05) is 39.1 Å². The van der Waals surface area contributed by atoms with E-state index in [0.29, 0.717) is 0 Å². The zero-order valence-corrected chi connectivity index (χ0v) is 35.4. The minimum atomic E-state index is 0.897. The Kier molecular flexibility index (Phi) is 8.72. The van der Waals surface area contributed by atoms with E-state index in [4.69, 9.17) is 0 Å². The number of anilines is 2. The molecule has 1 heterocycles. The van der Waals surface area contributed by atoms with Gasteiger partial charge in [-0.05, 0) is 140 Å². The second-order valence-electron chi connectivity index (χ2n) is 16.7. The Hall–Kier alpha value is -7.94. The highest BCUT2D eigenvalue weighted by Crippen LogP contribution is 2.55. The molecule has 0 saturated heterocycles. The number of hydrogen-bond acceptors (Lipinski definition) is 1. The Balaban J connectivity index is 1.03. The maximum absolute atomic E-state index is 2.48. The quantitative estimate of drug-likeness (QED) is 0.156.